The van der Waals surface area contributed by atoms with Gasteiger partial charge in [0.2, 0.25) is 0 Å². The molecule has 27 heavy (non-hydrogen) atoms. The van der Waals surface area contributed by atoms with Gasteiger partial charge in [-0.05, 0) is 44.0 Å². The van der Waals surface area contributed by atoms with E-state index in [0.717, 1.165) is 34.7 Å². The first-order chi connectivity index (χ1) is 13.1. The summed E-state index contributed by atoms with van der Waals surface area (Å²) < 4.78 is 11.0. The van der Waals surface area contributed by atoms with Crippen molar-refractivity contribution < 1.29 is 18.7 Å². The predicted octanol–water partition coefficient (Wildman–Crippen LogP) is 3.76. The number of ether oxygens (including phenoxy) is 1. The maximum Gasteiger partial charge on any atom is 0.348 e. The van der Waals surface area contributed by atoms with Crippen molar-refractivity contribution in [3.05, 3.63) is 52.0 Å². The molecule has 0 bridgehead atoms. The number of esters is 1. The van der Waals surface area contributed by atoms with Gasteiger partial charge in [0.15, 0.2) is 18.1 Å². The highest BCUT2D eigenvalue weighted by atomic mass is 32.1. The summed E-state index contributed by atoms with van der Waals surface area (Å²) in [6.45, 7) is 2.92. The Hall–Kier alpha value is -2.67. The minimum atomic E-state index is -0.442. The lowest BCUT2D eigenvalue weighted by atomic mass is 9.97. The summed E-state index contributed by atoms with van der Waals surface area (Å²) in [4.78, 5) is 32.2. The number of thiophene rings is 1. The number of piperidine rings is 1. The number of carbonyl (C=O) groups excluding carboxylic acids is 2. The number of oxazole rings is 1. The van der Waals surface area contributed by atoms with Crippen LogP contribution in [0.15, 0.2) is 40.8 Å². The van der Waals surface area contributed by atoms with Gasteiger partial charge in [-0.3, -0.25) is 4.79 Å². The number of fused-ring (bicyclic) bond motifs is 1. The molecule has 6 nitrogen and oxygen atoms in total. The molecular weight excluding hydrogens is 364 g/mol. The number of aryl methyl sites for hydroxylation is 1. The van der Waals surface area contributed by atoms with Crippen molar-refractivity contribution >= 4 is 34.3 Å². The molecule has 4 rings (SSSR count). The molecule has 0 saturated carbocycles. The van der Waals surface area contributed by atoms with Gasteiger partial charge in [-0.1, -0.05) is 12.1 Å². The Morgan fingerprint density at radius 3 is 2.70 bits per heavy atom. The zero-order valence-electron chi connectivity index (χ0n) is 15.0. The average molecular weight is 384 g/mol. The maximum atomic E-state index is 12.3. The normalized spacial score (nSPS) is 15.2. The summed E-state index contributed by atoms with van der Waals surface area (Å²) >= 11 is 1.37. The fourth-order valence-corrected chi connectivity index (χ4v) is 4.04. The average Bonchev–Trinajstić information content (AvgIpc) is 3.32. The van der Waals surface area contributed by atoms with E-state index in [1.807, 2.05) is 37.3 Å². The Morgan fingerprint density at radius 2 is 2.00 bits per heavy atom. The zero-order valence-corrected chi connectivity index (χ0v) is 15.8. The number of aromatic nitrogens is 1. The summed E-state index contributed by atoms with van der Waals surface area (Å²) in [5.41, 5.74) is 1.66. The minimum absolute atomic E-state index is 0.160. The second-order valence-corrected chi connectivity index (χ2v) is 7.95. The van der Waals surface area contributed by atoms with E-state index in [1.165, 1.54) is 11.3 Å². The van der Waals surface area contributed by atoms with Crippen LogP contribution >= 0.6 is 11.3 Å². The van der Waals surface area contributed by atoms with Gasteiger partial charge in [-0.25, -0.2) is 9.78 Å². The number of amides is 1. The topological polar surface area (TPSA) is 72.6 Å². The second-order valence-electron chi connectivity index (χ2n) is 6.66. The fraction of sp³-hybridized carbons (Fsp3) is 0.350. The van der Waals surface area contributed by atoms with Crippen LogP contribution in [0, 0.1) is 6.92 Å². The van der Waals surface area contributed by atoms with Crippen LogP contribution < -0.4 is 0 Å². The Morgan fingerprint density at radius 1 is 1.22 bits per heavy atom. The molecular formula is C20H20N2O4S. The highest BCUT2D eigenvalue weighted by Gasteiger charge is 2.27. The van der Waals surface area contributed by atoms with Crippen LogP contribution in [0.3, 0.4) is 0 Å². The molecule has 2 aromatic heterocycles. The first-order valence-electron chi connectivity index (χ1n) is 8.97. The second kappa shape index (κ2) is 7.52. The molecule has 1 fully saturated rings. The highest BCUT2D eigenvalue weighted by Crippen LogP contribution is 2.30. The van der Waals surface area contributed by atoms with Gasteiger partial charge in [0.1, 0.15) is 10.4 Å². The molecule has 1 aliphatic heterocycles. The van der Waals surface area contributed by atoms with E-state index in [0.29, 0.717) is 18.0 Å². The molecule has 0 aliphatic carbocycles. The highest BCUT2D eigenvalue weighted by molar-refractivity contribution is 7.13. The van der Waals surface area contributed by atoms with Gasteiger partial charge in [-0.15, -0.1) is 11.3 Å². The summed E-state index contributed by atoms with van der Waals surface area (Å²) in [6.07, 6.45) is 1.58. The van der Waals surface area contributed by atoms with Crippen LogP contribution in [0.25, 0.3) is 11.1 Å². The van der Waals surface area contributed by atoms with E-state index in [9.17, 15) is 9.59 Å². The largest absolute Gasteiger partial charge is 0.451 e. The van der Waals surface area contributed by atoms with Crippen LogP contribution in [0.2, 0.25) is 0 Å². The predicted molar refractivity (Wildman–Crippen MR) is 102 cm³/mol. The number of nitrogens with zero attached hydrogens (tertiary/aromatic N) is 2. The molecule has 0 radical (unpaired) electrons. The Balaban J connectivity index is 1.29. The van der Waals surface area contributed by atoms with Crippen molar-refractivity contribution in [1.82, 2.24) is 9.88 Å². The minimum Gasteiger partial charge on any atom is -0.451 e. The lowest BCUT2D eigenvalue weighted by Crippen LogP contribution is -2.40. The first kappa shape index (κ1) is 17.7. The lowest BCUT2D eigenvalue weighted by Gasteiger charge is -2.30. The van der Waals surface area contributed by atoms with E-state index in [-0.39, 0.29) is 18.4 Å². The van der Waals surface area contributed by atoms with Crippen LogP contribution in [0.4, 0.5) is 0 Å². The van der Waals surface area contributed by atoms with Crippen LogP contribution in [-0.4, -0.2) is 41.5 Å². The number of para-hydroxylation sites is 2. The Labute approximate surface area is 160 Å². The number of benzene rings is 1. The Kier molecular flexibility index (Phi) is 4.94. The molecule has 0 atom stereocenters. The standard InChI is InChI=1S/C20H20N2O4S/c1-13-6-7-17(27-13)20(24)25-12-18(23)22-10-8-14(9-11-22)19-21-15-4-2-3-5-16(15)26-19/h2-7,14H,8-12H2,1H3. The molecule has 3 aromatic rings. The number of likely N-dealkylation sites (tertiary alicyclic amines) is 1. The molecule has 1 aromatic carbocycles. The van der Waals surface area contributed by atoms with Gasteiger partial charge in [0, 0.05) is 23.9 Å². The van der Waals surface area contributed by atoms with Crippen LogP contribution in [0.5, 0.6) is 0 Å². The molecule has 1 saturated heterocycles. The van der Waals surface area contributed by atoms with E-state index >= 15 is 0 Å². The third-order valence-electron chi connectivity index (χ3n) is 4.78. The number of carbonyl (C=O) groups is 2. The first-order valence-corrected chi connectivity index (χ1v) is 9.78. The van der Waals surface area contributed by atoms with E-state index in [4.69, 9.17) is 9.15 Å². The van der Waals surface area contributed by atoms with Crippen molar-refractivity contribution in [1.29, 1.82) is 0 Å². The van der Waals surface area contributed by atoms with Crippen molar-refractivity contribution in [3.63, 3.8) is 0 Å². The molecule has 1 amide bonds. The summed E-state index contributed by atoms with van der Waals surface area (Å²) in [5, 5.41) is 0. The third-order valence-corrected chi connectivity index (χ3v) is 5.76. The molecule has 0 N–H and O–H groups in total. The number of hydrogen-bond acceptors (Lipinski definition) is 6. The lowest BCUT2D eigenvalue weighted by molar-refractivity contribution is -0.135. The summed E-state index contributed by atoms with van der Waals surface area (Å²) in [7, 11) is 0. The van der Waals surface area contributed by atoms with Gasteiger partial charge in [-0.2, -0.15) is 0 Å². The van der Waals surface area contributed by atoms with Crippen LogP contribution in [-0.2, 0) is 9.53 Å². The molecule has 0 spiro atoms. The smallest absolute Gasteiger partial charge is 0.348 e. The van der Waals surface area contributed by atoms with Gasteiger partial charge < -0.3 is 14.1 Å². The molecule has 3 heterocycles. The van der Waals surface area contributed by atoms with Crippen LogP contribution in [0.1, 0.15) is 39.2 Å². The number of rotatable bonds is 4. The SMILES string of the molecule is Cc1ccc(C(=O)OCC(=O)N2CCC(c3nc4ccccc4o3)CC2)s1. The molecule has 7 heteroatoms. The monoisotopic (exact) mass is 384 g/mol. The zero-order chi connectivity index (χ0) is 18.8. The molecule has 140 valence electrons. The van der Waals surface area contributed by atoms with E-state index in [2.05, 4.69) is 4.98 Å². The molecule has 1 aliphatic rings. The third kappa shape index (κ3) is 3.88. The number of hydrogen-bond donors (Lipinski definition) is 0. The Bertz CT molecular complexity index is 936. The summed E-state index contributed by atoms with van der Waals surface area (Å²) in [6, 6.07) is 11.3. The van der Waals surface area contributed by atoms with Crippen molar-refractivity contribution in [2.75, 3.05) is 19.7 Å². The van der Waals surface area contributed by atoms with Crippen molar-refractivity contribution in [3.8, 4) is 0 Å². The van der Waals surface area contributed by atoms with Crippen molar-refractivity contribution in [2.24, 2.45) is 0 Å². The van der Waals surface area contributed by atoms with E-state index < -0.39 is 5.97 Å². The van der Waals surface area contributed by atoms with Gasteiger partial charge in [0.25, 0.3) is 5.91 Å². The quantitative estimate of drug-likeness (QED) is 0.641. The van der Waals surface area contributed by atoms with Gasteiger partial charge >= 0.3 is 5.97 Å². The fourth-order valence-electron chi connectivity index (χ4n) is 3.27. The summed E-state index contributed by atoms with van der Waals surface area (Å²) in [5.74, 6) is 0.344. The maximum absolute atomic E-state index is 12.3. The van der Waals surface area contributed by atoms with Crippen molar-refractivity contribution in [2.45, 2.75) is 25.7 Å². The van der Waals surface area contributed by atoms with E-state index in [1.54, 1.807) is 11.0 Å². The van der Waals surface area contributed by atoms with Gasteiger partial charge in [0.05, 0.1) is 0 Å². The molecule has 0 unspecified atom stereocenters.